The van der Waals surface area contributed by atoms with E-state index in [4.69, 9.17) is 0 Å². The number of rotatable bonds is 5. The first-order valence-electron chi connectivity index (χ1n) is 10.8. The van der Waals surface area contributed by atoms with E-state index in [1.807, 2.05) is 36.4 Å². The minimum absolute atomic E-state index is 0.0160. The maximum atomic E-state index is 13.5. The summed E-state index contributed by atoms with van der Waals surface area (Å²) in [6, 6.07) is 21.8. The lowest BCUT2D eigenvalue weighted by atomic mass is 9.87. The summed E-state index contributed by atoms with van der Waals surface area (Å²) in [7, 11) is 0. The highest BCUT2D eigenvalue weighted by atomic mass is 79.9. The molecule has 0 unspecified atom stereocenters. The van der Waals surface area contributed by atoms with Gasteiger partial charge in [0.05, 0.1) is 11.1 Å². The van der Waals surface area contributed by atoms with Gasteiger partial charge >= 0.3 is 0 Å². The molecule has 0 N–H and O–H groups in total. The highest BCUT2D eigenvalue weighted by Gasteiger charge is 2.35. The molecule has 0 spiro atoms. The number of imide groups is 1. The number of benzene rings is 3. The summed E-state index contributed by atoms with van der Waals surface area (Å²) in [5, 5.41) is 0. The number of anilines is 1. The summed E-state index contributed by atoms with van der Waals surface area (Å²) in [6.45, 7) is 6.69. The molecule has 0 aromatic heterocycles. The minimum Gasteiger partial charge on any atom is -0.307 e. The molecule has 3 amide bonds. The Morgan fingerprint density at radius 2 is 1.48 bits per heavy atom. The van der Waals surface area contributed by atoms with E-state index in [1.165, 1.54) is 4.90 Å². The van der Waals surface area contributed by atoms with Crippen LogP contribution in [0.15, 0.2) is 77.3 Å². The van der Waals surface area contributed by atoms with Crippen LogP contribution in [0.1, 0.15) is 57.4 Å². The summed E-state index contributed by atoms with van der Waals surface area (Å²) in [5.41, 5.74) is 3.18. The molecule has 0 aliphatic carbocycles. The molecule has 1 aliphatic rings. The van der Waals surface area contributed by atoms with Gasteiger partial charge in [-0.2, -0.15) is 0 Å². The van der Waals surface area contributed by atoms with Crippen molar-refractivity contribution in [1.82, 2.24) is 4.90 Å². The van der Waals surface area contributed by atoms with E-state index in [9.17, 15) is 14.4 Å². The smallest absolute Gasteiger partial charge is 0.261 e. The van der Waals surface area contributed by atoms with Gasteiger partial charge in [0.1, 0.15) is 0 Å². The number of nitrogens with zero attached hydrogens (tertiary/aromatic N) is 2. The molecule has 1 heterocycles. The fraction of sp³-hybridized carbons (Fsp3) is 0.222. The van der Waals surface area contributed by atoms with Crippen LogP contribution in [-0.2, 0) is 5.41 Å². The van der Waals surface area contributed by atoms with E-state index in [1.54, 1.807) is 41.3 Å². The summed E-state index contributed by atoms with van der Waals surface area (Å²) >= 11 is 3.42. The lowest BCUT2D eigenvalue weighted by Crippen LogP contribution is -2.41. The Morgan fingerprint density at radius 3 is 2.03 bits per heavy atom. The van der Waals surface area contributed by atoms with E-state index in [-0.39, 0.29) is 36.2 Å². The van der Waals surface area contributed by atoms with Gasteiger partial charge in [0.25, 0.3) is 17.7 Å². The van der Waals surface area contributed by atoms with Crippen LogP contribution in [-0.4, -0.2) is 35.7 Å². The third-order valence-corrected chi connectivity index (χ3v) is 6.28. The molecule has 0 atom stereocenters. The van der Waals surface area contributed by atoms with E-state index in [0.29, 0.717) is 22.4 Å². The minimum atomic E-state index is -0.325. The Hall–Kier alpha value is -3.25. The molecule has 168 valence electrons. The van der Waals surface area contributed by atoms with Gasteiger partial charge < -0.3 is 4.90 Å². The molecule has 3 aromatic rings. The second-order valence-electron chi connectivity index (χ2n) is 9.07. The van der Waals surface area contributed by atoms with Crippen molar-refractivity contribution in [2.75, 3.05) is 18.0 Å². The van der Waals surface area contributed by atoms with Gasteiger partial charge in [-0.05, 0) is 53.4 Å². The van der Waals surface area contributed by atoms with Gasteiger partial charge in [0.15, 0.2) is 0 Å². The van der Waals surface area contributed by atoms with Crippen molar-refractivity contribution in [2.24, 2.45) is 0 Å². The SMILES string of the molecule is CC(C)(C)c1ccc(N(CCN2C(=O)c3ccccc3C2=O)C(=O)c2cccc(Br)c2)cc1. The van der Waals surface area contributed by atoms with Gasteiger partial charge in [0.2, 0.25) is 0 Å². The van der Waals surface area contributed by atoms with Crippen LogP contribution in [0.2, 0.25) is 0 Å². The van der Waals surface area contributed by atoms with Crippen molar-refractivity contribution in [3.05, 3.63) is 99.5 Å². The molecule has 0 saturated heterocycles. The first-order chi connectivity index (χ1) is 15.7. The van der Waals surface area contributed by atoms with Crippen LogP contribution in [0, 0.1) is 0 Å². The number of amides is 3. The third-order valence-electron chi connectivity index (χ3n) is 5.79. The number of hydrogen-bond donors (Lipinski definition) is 0. The highest BCUT2D eigenvalue weighted by Crippen LogP contribution is 2.27. The number of hydrogen-bond acceptors (Lipinski definition) is 3. The second-order valence-corrected chi connectivity index (χ2v) is 9.99. The van der Waals surface area contributed by atoms with Crippen molar-refractivity contribution in [3.63, 3.8) is 0 Å². The van der Waals surface area contributed by atoms with Crippen molar-refractivity contribution < 1.29 is 14.4 Å². The van der Waals surface area contributed by atoms with Crippen molar-refractivity contribution in [1.29, 1.82) is 0 Å². The standard InChI is InChI=1S/C27H25BrN2O3/c1-27(2,3)19-11-13-21(14-12-19)29(24(31)18-7-6-8-20(28)17-18)15-16-30-25(32)22-9-4-5-10-23(22)26(30)33/h4-14,17H,15-16H2,1-3H3. The molecular formula is C27H25BrN2O3. The summed E-state index contributed by atoms with van der Waals surface area (Å²) < 4.78 is 0.803. The number of carbonyl (C=O) groups excluding carboxylic acids is 3. The van der Waals surface area contributed by atoms with Gasteiger partial charge in [-0.3, -0.25) is 19.3 Å². The van der Waals surface area contributed by atoms with Crippen LogP contribution < -0.4 is 4.90 Å². The zero-order valence-electron chi connectivity index (χ0n) is 18.8. The molecular weight excluding hydrogens is 480 g/mol. The first kappa shape index (κ1) is 22.9. The van der Waals surface area contributed by atoms with Crippen LogP contribution in [0.4, 0.5) is 5.69 Å². The molecule has 4 rings (SSSR count). The van der Waals surface area contributed by atoms with Crippen LogP contribution in [0.3, 0.4) is 0 Å². The third kappa shape index (κ3) is 4.62. The normalized spacial score (nSPS) is 13.3. The highest BCUT2D eigenvalue weighted by molar-refractivity contribution is 9.10. The van der Waals surface area contributed by atoms with Crippen LogP contribution in [0.25, 0.3) is 0 Å². The Kier molecular flexibility index (Phi) is 6.21. The Labute approximate surface area is 202 Å². The van der Waals surface area contributed by atoms with E-state index >= 15 is 0 Å². The zero-order valence-corrected chi connectivity index (χ0v) is 20.4. The molecule has 3 aromatic carbocycles. The fourth-order valence-corrected chi connectivity index (χ4v) is 4.31. The van der Waals surface area contributed by atoms with Gasteiger partial charge in [-0.1, -0.05) is 67.0 Å². The van der Waals surface area contributed by atoms with E-state index in [0.717, 1.165) is 10.0 Å². The van der Waals surface area contributed by atoms with E-state index < -0.39 is 0 Å². The summed E-state index contributed by atoms with van der Waals surface area (Å²) in [4.78, 5) is 41.9. The lowest BCUT2D eigenvalue weighted by Gasteiger charge is -2.26. The fourth-order valence-electron chi connectivity index (χ4n) is 3.91. The predicted octanol–water partition coefficient (Wildman–Crippen LogP) is 5.69. The molecule has 1 aliphatic heterocycles. The number of halogens is 1. The molecule has 0 radical (unpaired) electrons. The summed E-state index contributed by atoms with van der Waals surface area (Å²) in [5.74, 6) is -0.849. The summed E-state index contributed by atoms with van der Waals surface area (Å²) in [6.07, 6.45) is 0. The lowest BCUT2D eigenvalue weighted by molar-refractivity contribution is 0.0654. The maximum absolute atomic E-state index is 13.5. The first-order valence-corrected chi connectivity index (χ1v) is 11.6. The molecule has 5 nitrogen and oxygen atoms in total. The average molecular weight is 505 g/mol. The largest absolute Gasteiger partial charge is 0.307 e. The van der Waals surface area contributed by atoms with Crippen molar-refractivity contribution >= 4 is 39.3 Å². The van der Waals surface area contributed by atoms with Gasteiger partial charge in [0, 0.05) is 28.8 Å². The second kappa shape index (κ2) is 8.94. The van der Waals surface area contributed by atoms with Crippen LogP contribution >= 0.6 is 15.9 Å². The monoisotopic (exact) mass is 504 g/mol. The molecule has 0 bridgehead atoms. The molecule has 0 fully saturated rings. The molecule has 6 heteroatoms. The number of carbonyl (C=O) groups is 3. The molecule has 0 saturated carbocycles. The Balaban J connectivity index is 1.63. The Bertz CT molecular complexity index is 1190. The predicted molar refractivity (Wildman–Crippen MR) is 133 cm³/mol. The zero-order chi connectivity index (χ0) is 23.8. The quantitative estimate of drug-likeness (QED) is 0.419. The van der Waals surface area contributed by atoms with Crippen molar-refractivity contribution in [3.8, 4) is 0 Å². The van der Waals surface area contributed by atoms with E-state index in [2.05, 4.69) is 36.7 Å². The van der Waals surface area contributed by atoms with Gasteiger partial charge in [-0.25, -0.2) is 0 Å². The van der Waals surface area contributed by atoms with Crippen LogP contribution in [0.5, 0.6) is 0 Å². The average Bonchev–Trinajstić information content (AvgIpc) is 3.04. The Morgan fingerprint density at radius 1 is 0.879 bits per heavy atom. The molecule has 33 heavy (non-hydrogen) atoms. The topological polar surface area (TPSA) is 57.7 Å². The number of fused-ring (bicyclic) bond motifs is 1. The van der Waals surface area contributed by atoms with Gasteiger partial charge in [-0.15, -0.1) is 0 Å². The maximum Gasteiger partial charge on any atom is 0.261 e. The van der Waals surface area contributed by atoms with Crippen molar-refractivity contribution in [2.45, 2.75) is 26.2 Å².